The number of nitrogens with one attached hydrogen (secondary N) is 3. The first kappa shape index (κ1) is 21.6. The first-order valence-corrected chi connectivity index (χ1v) is 10.3. The Kier molecular flexibility index (Phi) is 7.61. The van der Waals surface area contributed by atoms with Gasteiger partial charge in [-0.25, -0.2) is 9.78 Å². The van der Waals surface area contributed by atoms with Crippen molar-refractivity contribution >= 4 is 23.3 Å². The number of anilines is 1. The molecule has 0 spiro atoms. The fraction of sp³-hybridized carbons (Fsp3) is 0.421. The fourth-order valence-electron chi connectivity index (χ4n) is 2.84. The number of carbonyl (C=O) groups is 1. The predicted octanol–water partition coefficient (Wildman–Crippen LogP) is 2.23. The highest BCUT2D eigenvalue weighted by molar-refractivity contribution is 6.28. The van der Waals surface area contributed by atoms with Gasteiger partial charge < -0.3 is 15.6 Å². The summed E-state index contributed by atoms with van der Waals surface area (Å²) < 4.78 is 2.58. The van der Waals surface area contributed by atoms with E-state index in [4.69, 9.17) is 11.6 Å². The van der Waals surface area contributed by atoms with Crippen molar-refractivity contribution in [1.82, 2.24) is 35.1 Å². The zero-order valence-corrected chi connectivity index (χ0v) is 17.5. The van der Waals surface area contributed by atoms with Crippen LogP contribution in [-0.4, -0.2) is 48.8 Å². The molecule has 0 bridgehead atoms. The van der Waals surface area contributed by atoms with Crippen molar-refractivity contribution in [3.05, 3.63) is 51.8 Å². The summed E-state index contributed by atoms with van der Waals surface area (Å²) in [6.45, 7) is 3.67. The number of unbranched alkanes of at least 4 members (excludes halogenated alkanes) is 2. The normalized spacial score (nSPS) is 10.9. The summed E-state index contributed by atoms with van der Waals surface area (Å²) >= 11 is 5.90. The summed E-state index contributed by atoms with van der Waals surface area (Å²) in [7, 11) is 0. The van der Waals surface area contributed by atoms with Gasteiger partial charge in [0.1, 0.15) is 5.69 Å². The summed E-state index contributed by atoms with van der Waals surface area (Å²) in [6, 6.07) is 9.13. The molecule has 0 saturated carbocycles. The highest BCUT2D eigenvalue weighted by Gasteiger charge is 2.16. The average Bonchev–Trinajstić information content (AvgIpc) is 3.31. The summed E-state index contributed by atoms with van der Waals surface area (Å²) in [4.78, 5) is 31.7. The van der Waals surface area contributed by atoms with Crippen LogP contribution in [0, 0.1) is 0 Å². The van der Waals surface area contributed by atoms with Gasteiger partial charge in [0.2, 0.25) is 5.28 Å². The van der Waals surface area contributed by atoms with Crippen molar-refractivity contribution in [3.8, 4) is 5.69 Å². The molecular weight excluding hydrogens is 408 g/mol. The van der Waals surface area contributed by atoms with Crippen LogP contribution in [0.15, 0.2) is 35.1 Å². The third-order valence-corrected chi connectivity index (χ3v) is 4.63. The molecule has 0 radical (unpaired) electrons. The van der Waals surface area contributed by atoms with Crippen LogP contribution < -0.4 is 16.3 Å². The topological polar surface area (TPSA) is 123 Å². The van der Waals surface area contributed by atoms with E-state index in [9.17, 15) is 9.59 Å². The number of aromatic nitrogens is 6. The van der Waals surface area contributed by atoms with E-state index in [-0.39, 0.29) is 16.9 Å². The Hall–Kier alpha value is -3.14. The number of para-hydroxylation sites is 1. The molecule has 0 aliphatic carbocycles. The number of carbonyl (C=O) groups excluding carboxylic acids is 1. The molecule has 0 saturated heterocycles. The molecule has 0 fully saturated rings. The molecule has 0 aliphatic rings. The van der Waals surface area contributed by atoms with Crippen molar-refractivity contribution in [2.24, 2.45) is 0 Å². The summed E-state index contributed by atoms with van der Waals surface area (Å²) in [5, 5.41) is 14.0. The Bertz CT molecular complexity index is 1010. The Morgan fingerprint density at radius 2 is 1.93 bits per heavy atom. The number of hydrogen-bond donors (Lipinski definition) is 3. The molecular formula is C19H25ClN8O2. The van der Waals surface area contributed by atoms with E-state index < -0.39 is 0 Å². The van der Waals surface area contributed by atoms with Crippen LogP contribution in [0.2, 0.25) is 5.28 Å². The van der Waals surface area contributed by atoms with Crippen molar-refractivity contribution in [1.29, 1.82) is 0 Å². The second kappa shape index (κ2) is 10.6. The summed E-state index contributed by atoms with van der Waals surface area (Å²) in [5.74, 6) is 0.176. The molecule has 11 heteroatoms. The number of hydrogen-bond acceptors (Lipinski definition) is 6. The molecule has 0 atom stereocenters. The molecule has 160 valence electrons. The largest absolute Gasteiger partial charge is 0.368 e. The molecule has 30 heavy (non-hydrogen) atoms. The van der Waals surface area contributed by atoms with Crippen molar-refractivity contribution < 1.29 is 4.79 Å². The third kappa shape index (κ3) is 5.47. The van der Waals surface area contributed by atoms with Gasteiger partial charge in [0.15, 0.2) is 5.82 Å². The van der Waals surface area contributed by atoms with Gasteiger partial charge in [0.05, 0.1) is 5.69 Å². The number of imidazole rings is 1. The van der Waals surface area contributed by atoms with Gasteiger partial charge in [0.25, 0.3) is 5.91 Å². The van der Waals surface area contributed by atoms with E-state index in [0.717, 1.165) is 19.4 Å². The van der Waals surface area contributed by atoms with Crippen molar-refractivity contribution in [2.75, 3.05) is 18.4 Å². The van der Waals surface area contributed by atoms with Crippen molar-refractivity contribution in [3.63, 3.8) is 0 Å². The quantitative estimate of drug-likeness (QED) is 0.399. The molecule has 2 heterocycles. The number of H-pyrrole nitrogens is 1. The lowest BCUT2D eigenvalue weighted by molar-refractivity contribution is 0.0949. The number of halogens is 1. The Morgan fingerprint density at radius 1 is 1.13 bits per heavy atom. The van der Waals surface area contributed by atoms with Crippen LogP contribution in [0.4, 0.5) is 5.82 Å². The number of aryl methyl sites for hydroxylation is 1. The van der Waals surface area contributed by atoms with E-state index in [0.29, 0.717) is 43.1 Å². The zero-order chi connectivity index (χ0) is 21.3. The number of rotatable bonds is 11. The SMILES string of the molecule is CCCCNc1nc(Cl)[nH]c1C(=O)NCCCCn1nnn(-c2ccccc2)c1=O. The summed E-state index contributed by atoms with van der Waals surface area (Å²) in [5.41, 5.74) is 0.695. The lowest BCUT2D eigenvalue weighted by Crippen LogP contribution is -2.27. The highest BCUT2D eigenvalue weighted by Crippen LogP contribution is 2.15. The molecule has 0 unspecified atom stereocenters. The molecule has 1 amide bonds. The lowest BCUT2D eigenvalue weighted by atomic mass is 10.3. The van der Waals surface area contributed by atoms with E-state index in [1.54, 1.807) is 12.1 Å². The first-order valence-electron chi connectivity index (χ1n) is 9.96. The number of amides is 1. The first-order chi connectivity index (χ1) is 14.6. The number of nitrogens with zero attached hydrogens (tertiary/aromatic N) is 5. The molecule has 10 nitrogen and oxygen atoms in total. The van der Waals surface area contributed by atoms with Gasteiger partial charge >= 0.3 is 5.69 Å². The maximum atomic E-state index is 12.4. The minimum absolute atomic E-state index is 0.167. The smallest absolute Gasteiger partial charge is 0.368 e. The number of benzene rings is 1. The Balaban J connectivity index is 1.45. The maximum Gasteiger partial charge on any atom is 0.368 e. The van der Waals surface area contributed by atoms with Crippen LogP contribution in [0.1, 0.15) is 43.1 Å². The Labute approximate surface area is 178 Å². The van der Waals surface area contributed by atoms with Gasteiger partial charge in [0, 0.05) is 19.6 Å². The number of aromatic amines is 1. The average molecular weight is 433 g/mol. The Morgan fingerprint density at radius 3 is 2.70 bits per heavy atom. The summed E-state index contributed by atoms with van der Waals surface area (Å²) in [6.07, 6.45) is 3.35. The molecule has 3 rings (SSSR count). The monoisotopic (exact) mass is 432 g/mol. The van der Waals surface area contributed by atoms with Crippen LogP contribution in [0.3, 0.4) is 0 Å². The molecule has 3 N–H and O–H groups in total. The second-order valence-corrected chi connectivity index (χ2v) is 7.08. The van der Waals surface area contributed by atoms with E-state index in [1.165, 1.54) is 9.36 Å². The van der Waals surface area contributed by atoms with E-state index in [2.05, 4.69) is 38.0 Å². The molecule has 2 aromatic heterocycles. The molecule has 0 aliphatic heterocycles. The van der Waals surface area contributed by atoms with Gasteiger partial charge in [-0.05, 0) is 53.4 Å². The van der Waals surface area contributed by atoms with Crippen LogP contribution in [0.5, 0.6) is 0 Å². The van der Waals surface area contributed by atoms with Gasteiger partial charge in [-0.2, -0.15) is 9.36 Å². The zero-order valence-electron chi connectivity index (χ0n) is 16.8. The van der Waals surface area contributed by atoms with Gasteiger partial charge in [-0.15, -0.1) is 0 Å². The van der Waals surface area contributed by atoms with Crippen LogP contribution in [0.25, 0.3) is 5.69 Å². The van der Waals surface area contributed by atoms with Gasteiger partial charge in [-0.3, -0.25) is 4.79 Å². The fourth-order valence-corrected chi connectivity index (χ4v) is 3.02. The third-order valence-electron chi connectivity index (χ3n) is 4.45. The maximum absolute atomic E-state index is 12.4. The highest BCUT2D eigenvalue weighted by atomic mass is 35.5. The lowest BCUT2D eigenvalue weighted by Gasteiger charge is -2.07. The minimum atomic E-state index is -0.292. The molecule has 1 aromatic carbocycles. The standard InChI is InChI=1S/C19H25ClN8O2/c1-2-3-11-21-16-15(23-18(20)24-16)17(29)22-12-7-8-13-27-19(30)28(26-25-27)14-9-5-4-6-10-14/h4-6,9-10,21H,2-3,7-8,11-13H2,1H3,(H,22,29)(H,23,24). The number of tetrazole rings is 1. The van der Waals surface area contributed by atoms with E-state index >= 15 is 0 Å². The predicted molar refractivity (Wildman–Crippen MR) is 114 cm³/mol. The van der Waals surface area contributed by atoms with Crippen LogP contribution >= 0.6 is 11.6 Å². The van der Waals surface area contributed by atoms with Crippen LogP contribution in [-0.2, 0) is 6.54 Å². The molecule has 3 aromatic rings. The minimum Gasteiger partial charge on any atom is -0.368 e. The van der Waals surface area contributed by atoms with Crippen molar-refractivity contribution in [2.45, 2.75) is 39.2 Å². The van der Waals surface area contributed by atoms with Gasteiger partial charge in [-0.1, -0.05) is 31.5 Å². The van der Waals surface area contributed by atoms with E-state index in [1.807, 2.05) is 18.2 Å². The second-order valence-electron chi connectivity index (χ2n) is 6.73.